The van der Waals surface area contributed by atoms with Crippen molar-refractivity contribution in [2.45, 2.75) is 51.1 Å². The van der Waals surface area contributed by atoms with E-state index in [1.54, 1.807) is 18.7 Å². The quantitative estimate of drug-likeness (QED) is 0.742. The van der Waals surface area contributed by atoms with Gasteiger partial charge in [-0.15, -0.1) is 5.10 Å². The number of hydrogen-bond acceptors (Lipinski definition) is 7. The van der Waals surface area contributed by atoms with Crippen LogP contribution < -0.4 is 0 Å². The maximum Gasteiger partial charge on any atom is 0.293 e. The summed E-state index contributed by atoms with van der Waals surface area (Å²) in [6.07, 6.45) is -2.11. The van der Waals surface area contributed by atoms with Crippen molar-refractivity contribution in [2.24, 2.45) is 0 Å². The van der Waals surface area contributed by atoms with E-state index in [2.05, 4.69) is 10.3 Å². The predicted octanol–water partition coefficient (Wildman–Crippen LogP) is 1.66. The zero-order chi connectivity index (χ0) is 17.3. The molecule has 8 nitrogen and oxygen atoms in total. The molecule has 2 heterocycles. The minimum absolute atomic E-state index is 0.400. The number of nitrogens with zero attached hydrogens (tertiary/aromatic N) is 3. The van der Waals surface area contributed by atoms with Crippen molar-refractivity contribution in [1.82, 2.24) is 15.0 Å². The fraction of sp³-hybridized carbons (Fsp3) is 0.562. The van der Waals surface area contributed by atoms with Crippen molar-refractivity contribution in [1.29, 1.82) is 0 Å². The molecule has 1 saturated heterocycles. The highest BCUT2D eigenvalue weighted by Crippen LogP contribution is 2.38. The van der Waals surface area contributed by atoms with Gasteiger partial charge in [0.2, 0.25) is 0 Å². The first-order valence-electron chi connectivity index (χ1n) is 7.74. The first-order valence-corrected chi connectivity index (χ1v) is 7.74. The summed E-state index contributed by atoms with van der Waals surface area (Å²) in [7, 11) is 1.54. The highest BCUT2D eigenvalue weighted by atomic mass is 16.8. The Labute approximate surface area is 139 Å². The Balaban J connectivity index is 1.98. The highest BCUT2D eigenvalue weighted by Gasteiger charge is 2.49. The van der Waals surface area contributed by atoms with Crippen molar-refractivity contribution in [3.05, 3.63) is 24.3 Å². The Morgan fingerprint density at radius 3 is 2.79 bits per heavy atom. The molecule has 0 spiro atoms. The Hall–Kier alpha value is -2.03. The van der Waals surface area contributed by atoms with Crippen LogP contribution in [0.25, 0.3) is 11.0 Å². The van der Waals surface area contributed by atoms with Gasteiger partial charge in [-0.1, -0.05) is 17.3 Å². The third kappa shape index (κ3) is 3.00. The smallest absolute Gasteiger partial charge is 0.293 e. The van der Waals surface area contributed by atoms with Gasteiger partial charge in [0, 0.05) is 7.11 Å². The Morgan fingerprint density at radius 1 is 1.33 bits per heavy atom. The van der Waals surface area contributed by atoms with Crippen LogP contribution in [0.2, 0.25) is 0 Å². The lowest BCUT2D eigenvalue weighted by Crippen LogP contribution is -2.43. The van der Waals surface area contributed by atoms with Crippen LogP contribution in [0.5, 0.6) is 0 Å². The molecule has 0 N–H and O–H groups in total. The summed E-state index contributed by atoms with van der Waals surface area (Å²) in [5.41, 5.74) is 1.59. The minimum Gasteiger partial charge on any atom is -0.462 e. The molecule has 1 fully saturated rings. The second-order valence-corrected chi connectivity index (χ2v) is 6.15. The summed E-state index contributed by atoms with van der Waals surface area (Å²) in [5.74, 6) is -0.833. The molecule has 1 aromatic carbocycles. The number of fused-ring (bicyclic) bond motifs is 1. The van der Waals surface area contributed by atoms with E-state index in [9.17, 15) is 4.79 Å². The van der Waals surface area contributed by atoms with Gasteiger partial charge in [0.05, 0.1) is 5.52 Å². The zero-order valence-electron chi connectivity index (χ0n) is 14.1. The fourth-order valence-corrected chi connectivity index (χ4v) is 3.02. The van der Waals surface area contributed by atoms with Crippen molar-refractivity contribution in [3.63, 3.8) is 0 Å². The van der Waals surface area contributed by atoms with Gasteiger partial charge in [-0.3, -0.25) is 4.79 Å². The van der Waals surface area contributed by atoms with E-state index in [0.717, 1.165) is 11.0 Å². The molecule has 1 aliphatic rings. The van der Waals surface area contributed by atoms with Crippen molar-refractivity contribution in [2.75, 3.05) is 7.11 Å². The van der Waals surface area contributed by atoms with E-state index in [1.807, 2.05) is 38.1 Å². The number of ether oxygens (including phenoxy) is 4. The molecule has 3 rings (SSSR count). The normalized spacial score (nSPS) is 25.5. The summed E-state index contributed by atoms with van der Waals surface area (Å²) < 4.78 is 24.3. The molecule has 0 radical (unpaired) electrons. The number of carbonyl (C=O) groups excluding carboxylic acids is 1. The van der Waals surface area contributed by atoms with Gasteiger partial charge in [-0.05, 0) is 32.9 Å². The number of hydrogen-bond donors (Lipinski definition) is 0. The molecule has 2 aromatic rings. The molecule has 1 aliphatic heterocycles. The third-order valence-electron chi connectivity index (χ3n) is 4.05. The monoisotopic (exact) mass is 335 g/mol. The largest absolute Gasteiger partial charge is 0.462 e. The molecule has 24 heavy (non-hydrogen) atoms. The van der Waals surface area contributed by atoms with Crippen molar-refractivity contribution >= 4 is 17.5 Å². The molecule has 0 unspecified atom stereocenters. The zero-order valence-corrected chi connectivity index (χ0v) is 14.1. The number of para-hydroxylation sites is 1. The average molecular weight is 335 g/mol. The van der Waals surface area contributed by atoms with Crippen LogP contribution in [0.4, 0.5) is 0 Å². The van der Waals surface area contributed by atoms with E-state index in [-0.39, 0.29) is 0 Å². The number of aromatic nitrogens is 3. The van der Waals surface area contributed by atoms with Crippen LogP contribution in [-0.2, 0) is 23.7 Å². The highest BCUT2D eigenvalue weighted by molar-refractivity contribution is 5.73. The number of methoxy groups -OCH3 is 1. The van der Waals surface area contributed by atoms with Crippen molar-refractivity contribution in [3.8, 4) is 0 Å². The number of rotatable bonds is 6. The van der Waals surface area contributed by atoms with E-state index in [0.29, 0.717) is 6.47 Å². The summed E-state index contributed by atoms with van der Waals surface area (Å²) in [6.45, 7) is 5.78. The summed E-state index contributed by atoms with van der Waals surface area (Å²) >= 11 is 0. The molecule has 8 heteroatoms. The second kappa shape index (κ2) is 6.46. The lowest BCUT2D eigenvalue weighted by atomic mass is 10.1. The predicted molar refractivity (Wildman–Crippen MR) is 84.0 cm³/mol. The van der Waals surface area contributed by atoms with Crippen LogP contribution in [0, 0.1) is 0 Å². The maximum absolute atomic E-state index is 10.7. The van der Waals surface area contributed by atoms with E-state index in [4.69, 9.17) is 18.9 Å². The van der Waals surface area contributed by atoms with Gasteiger partial charge < -0.3 is 18.9 Å². The number of benzene rings is 1. The molecule has 0 aliphatic carbocycles. The van der Waals surface area contributed by atoms with Crippen LogP contribution in [-0.4, -0.2) is 52.7 Å². The minimum atomic E-state index is -0.833. The van der Waals surface area contributed by atoms with Gasteiger partial charge in [0.25, 0.3) is 6.47 Å². The first kappa shape index (κ1) is 16.8. The van der Waals surface area contributed by atoms with Crippen LogP contribution in [0.3, 0.4) is 0 Å². The van der Waals surface area contributed by atoms with Crippen LogP contribution >= 0.6 is 0 Å². The Morgan fingerprint density at radius 2 is 2.08 bits per heavy atom. The molecule has 4 atom stereocenters. The maximum atomic E-state index is 10.7. The van der Waals surface area contributed by atoms with Gasteiger partial charge in [-0.2, -0.15) is 0 Å². The number of carbonyl (C=O) groups is 1. The summed E-state index contributed by atoms with van der Waals surface area (Å²) in [5, 5.41) is 8.37. The van der Waals surface area contributed by atoms with Crippen LogP contribution in [0.1, 0.15) is 27.0 Å². The lowest BCUT2D eigenvalue weighted by molar-refractivity contribution is -0.171. The van der Waals surface area contributed by atoms with Gasteiger partial charge in [0.1, 0.15) is 23.8 Å². The standard InChI is InChI=1S/C16H21N3O5/c1-10(22-9-20)13(21-4)14-15(24-16(2,3)23-14)19-12-8-6-5-7-11(12)17-18-19/h5-10,13-15H,1-4H3/t10-,13-,14+,15-/m0/s1. The molecular weight excluding hydrogens is 314 g/mol. The molecule has 130 valence electrons. The van der Waals surface area contributed by atoms with Gasteiger partial charge in [-0.25, -0.2) is 4.68 Å². The van der Waals surface area contributed by atoms with Crippen LogP contribution in [0.15, 0.2) is 24.3 Å². The molecular formula is C16H21N3O5. The van der Waals surface area contributed by atoms with E-state index < -0.39 is 30.3 Å². The molecule has 1 aromatic heterocycles. The van der Waals surface area contributed by atoms with Crippen molar-refractivity contribution < 1.29 is 23.7 Å². The molecule has 0 amide bonds. The molecule has 0 saturated carbocycles. The summed E-state index contributed by atoms with van der Waals surface area (Å²) in [4.78, 5) is 10.7. The van der Waals surface area contributed by atoms with E-state index in [1.165, 1.54) is 0 Å². The SMILES string of the molecule is CO[C@H]([C@H]1OC(C)(C)O[C@@H]1n1nnc2ccccc21)[C@H](C)OC=O. The Kier molecular flexibility index (Phi) is 4.53. The average Bonchev–Trinajstić information content (AvgIpc) is 3.09. The third-order valence-corrected chi connectivity index (χ3v) is 4.05. The lowest BCUT2D eigenvalue weighted by Gasteiger charge is -2.28. The van der Waals surface area contributed by atoms with E-state index >= 15 is 0 Å². The Bertz CT molecular complexity index is 717. The second-order valence-electron chi connectivity index (χ2n) is 6.15. The topological polar surface area (TPSA) is 84.7 Å². The van der Waals surface area contributed by atoms with Gasteiger partial charge >= 0.3 is 0 Å². The van der Waals surface area contributed by atoms with Gasteiger partial charge in [0.15, 0.2) is 12.0 Å². The summed E-state index contributed by atoms with van der Waals surface area (Å²) in [6, 6.07) is 7.59. The molecule has 0 bridgehead atoms. The fourth-order valence-electron chi connectivity index (χ4n) is 3.02. The first-order chi connectivity index (χ1) is 11.5.